The van der Waals surface area contributed by atoms with Crippen molar-refractivity contribution in [3.8, 4) is 0 Å². The maximum atomic E-state index is 6.25. The normalized spacial score (nSPS) is 18.1. The molecule has 0 aliphatic carbocycles. The summed E-state index contributed by atoms with van der Waals surface area (Å²) >= 11 is 7.82. The predicted octanol–water partition coefficient (Wildman–Crippen LogP) is 4.05. The molecule has 3 rings (SSSR count). The fraction of sp³-hybridized carbons (Fsp3) is 0.143. The van der Waals surface area contributed by atoms with E-state index in [1.807, 2.05) is 18.2 Å². The fourth-order valence-electron chi connectivity index (χ4n) is 2.15. The van der Waals surface area contributed by atoms with E-state index in [0.29, 0.717) is 0 Å². The van der Waals surface area contributed by atoms with E-state index in [4.69, 9.17) is 17.3 Å². The lowest BCUT2D eigenvalue weighted by atomic mass is 10.00. The molecule has 17 heavy (non-hydrogen) atoms. The molecule has 0 spiro atoms. The third-order valence-electron chi connectivity index (χ3n) is 3.00. The third kappa shape index (κ3) is 2.08. The molecular weight excluding hydrogens is 250 g/mol. The van der Waals surface area contributed by atoms with Crippen LogP contribution < -0.4 is 5.73 Å². The van der Waals surface area contributed by atoms with Crippen molar-refractivity contribution >= 4 is 23.4 Å². The number of fused-ring (bicyclic) bond motifs is 2. The van der Waals surface area contributed by atoms with Crippen molar-refractivity contribution < 1.29 is 0 Å². The standard InChI is InChI=1S/C14H12ClNS/c15-10-5-6-13-9(7-10)8-12(16)11-3-1-2-4-14(11)17-13/h1-7,12H,8,16H2. The maximum Gasteiger partial charge on any atom is 0.0409 e. The number of rotatable bonds is 0. The van der Waals surface area contributed by atoms with E-state index in [9.17, 15) is 0 Å². The maximum absolute atomic E-state index is 6.25. The summed E-state index contributed by atoms with van der Waals surface area (Å²) in [4.78, 5) is 2.51. The second kappa shape index (κ2) is 4.37. The topological polar surface area (TPSA) is 26.0 Å². The van der Waals surface area contributed by atoms with Crippen molar-refractivity contribution in [3.05, 3.63) is 58.6 Å². The first-order chi connectivity index (χ1) is 8.24. The van der Waals surface area contributed by atoms with Gasteiger partial charge in [-0.3, -0.25) is 0 Å². The Kier molecular flexibility index (Phi) is 2.87. The molecule has 1 nitrogen and oxygen atoms in total. The van der Waals surface area contributed by atoms with Crippen LogP contribution in [0.15, 0.2) is 52.3 Å². The molecule has 0 aromatic heterocycles. The van der Waals surface area contributed by atoms with Gasteiger partial charge >= 0.3 is 0 Å². The second-order valence-corrected chi connectivity index (χ2v) is 5.72. The molecule has 0 amide bonds. The molecule has 1 aliphatic rings. The van der Waals surface area contributed by atoms with Crippen molar-refractivity contribution in [2.24, 2.45) is 5.73 Å². The molecular formula is C14H12ClNS. The minimum atomic E-state index is 0.0541. The first-order valence-corrected chi connectivity index (χ1v) is 6.74. The van der Waals surface area contributed by atoms with Gasteiger partial charge in [-0.05, 0) is 41.8 Å². The van der Waals surface area contributed by atoms with E-state index in [-0.39, 0.29) is 6.04 Å². The van der Waals surface area contributed by atoms with Gasteiger partial charge < -0.3 is 5.73 Å². The SMILES string of the molecule is NC1Cc2cc(Cl)ccc2Sc2ccccc21. The molecule has 0 bridgehead atoms. The quantitative estimate of drug-likeness (QED) is 0.774. The van der Waals surface area contributed by atoms with Crippen molar-refractivity contribution in [2.45, 2.75) is 22.3 Å². The van der Waals surface area contributed by atoms with Crippen molar-refractivity contribution in [2.75, 3.05) is 0 Å². The van der Waals surface area contributed by atoms with Crippen LogP contribution in [0, 0.1) is 0 Å². The second-order valence-electron chi connectivity index (χ2n) is 4.20. The lowest BCUT2D eigenvalue weighted by Gasteiger charge is -2.11. The molecule has 2 N–H and O–H groups in total. The van der Waals surface area contributed by atoms with Gasteiger partial charge in [0.1, 0.15) is 0 Å². The Morgan fingerprint density at radius 2 is 1.94 bits per heavy atom. The van der Waals surface area contributed by atoms with Crippen LogP contribution in [0.1, 0.15) is 17.2 Å². The fourth-order valence-corrected chi connectivity index (χ4v) is 3.48. The Morgan fingerprint density at radius 3 is 2.82 bits per heavy atom. The largest absolute Gasteiger partial charge is 0.324 e. The van der Waals surface area contributed by atoms with Gasteiger partial charge in [-0.2, -0.15) is 0 Å². The number of benzene rings is 2. The van der Waals surface area contributed by atoms with E-state index in [0.717, 1.165) is 11.4 Å². The highest BCUT2D eigenvalue weighted by molar-refractivity contribution is 7.99. The van der Waals surface area contributed by atoms with Gasteiger partial charge in [0.25, 0.3) is 0 Å². The first kappa shape index (κ1) is 11.1. The molecule has 0 saturated carbocycles. The number of hydrogen-bond acceptors (Lipinski definition) is 2. The zero-order valence-electron chi connectivity index (χ0n) is 9.19. The average molecular weight is 262 g/mol. The lowest BCUT2D eigenvalue weighted by molar-refractivity contribution is 0.706. The smallest absolute Gasteiger partial charge is 0.0409 e. The van der Waals surface area contributed by atoms with Gasteiger partial charge in [0.2, 0.25) is 0 Å². The number of nitrogens with two attached hydrogens (primary N) is 1. The zero-order chi connectivity index (χ0) is 11.8. The van der Waals surface area contributed by atoms with Crippen LogP contribution in [-0.4, -0.2) is 0 Å². The van der Waals surface area contributed by atoms with Crippen LogP contribution in [0.25, 0.3) is 0 Å². The van der Waals surface area contributed by atoms with E-state index < -0.39 is 0 Å². The molecule has 2 aromatic rings. The molecule has 0 saturated heterocycles. The summed E-state index contributed by atoms with van der Waals surface area (Å²) in [6.07, 6.45) is 0.847. The highest BCUT2D eigenvalue weighted by Gasteiger charge is 2.19. The molecule has 86 valence electrons. The first-order valence-electron chi connectivity index (χ1n) is 5.55. The van der Waals surface area contributed by atoms with Gasteiger partial charge in [0, 0.05) is 20.9 Å². The van der Waals surface area contributed by atoms with Crippen LogP contribution in [0.3, 0.4) is 0 Å². The van der Waals surface area contributed by atoms with Crippen LogP contribution in [0.2, 0.25) is 5.02 Å². The Balaban J connectivity index is 2.13. The Bertz CT molecular complexity index is 568. The van der Waals surface area contributed by atoms with E-state index >= 15 is 0 Å². The molecule has 1 atom stereocenters. The van der Waals surface area contributed by atoms with Crippen LogP contribution in [0.5, 0.6) is 0 Å². The van der Waals surface area contributed by atoms with Gasteiger partial charge in [-0.1, -0.05) is 41.6 Å². The monoisotopic (exact) mass is 261 g/mol. The Labute approximate surface area is 110 Å². The summed E-state index contributed by atoms with van der Waals surface area (Å²) in [6, 6.07) is 14.4. The highest BCUT2D eigenvalue weighted by atomic mass is 35.5. The van der Waals surface area contributed by atoms with Crippen molar-refractivity contribution in [3.63, 3.8) is 0 Å². The molecule has 2 aromatic carbocycles. The summed E-state index contributed by atoms with van der Waals surface area (Å²) in [6.45, 7) is 0. The lowest BCUT2D eigenvalue weighted by Crippen LogP contribution is -2.13. The summed E-state index contributed by atoms with van der Waals surface area (Å²) in [5.41, 5.74) is 8.72. The summed E-state index contributed by atoms with van der Waals surface area (Å²) in [7, 11) is 0. The van der Waals surface area contributed by atoms with Gasteiger partial charge in [-0.25, -0.2) is 0 Å². The molecule has 0 fully saturated rings. The summed E-state index contributed by atoms with van der Waals surface area (Å²) in [5, 5.41) is 0.780. The van der Waals surface area contributed by atoms with Crippen molar-refractivity contribution in [1.82, 2.24) is 0 Å². The number of hydrogen-bond donors (Lipinski definition) is 1. The van der Waals surface area contributed by atoms with E-state index in [1.54, 1.807) is 11.8 Å². The van der Waals surface area contributed by atoms with Gasteiger partial charge in [-0.15, -0.1) is 0 Å². The molecule has 1 heterocycles. The van der Waals surface area contributed by atoms with E-state index in [1.165, 1.54) is 20.9 Å². The summed E-state index contributed by atoms with van der Waals surface area (Å²) < 4.78 is 0. The molecule has 0 radical (unpaired) electrons. The average Bonchev–Trinajstić information content (AvgIpc) is 2.46. The van der Waals surface area contributed by atoms with Gasteiger partial charge in [0.15, 0.2) is 0 Å². The minimum Gasteiger partial charge on any atom is -0.324 e. The van der Waals surface area contributed by atoms with Crippen LogP contribution >= 0.6 is 23.4 Å². The Hall–Kier alpha value is -0.960. The third-order valence-corrected chi connectivity index (χ3v) is 4.45. The number of halogens is 1. The van der Waals surface area contributed by atoms with Gasteiger partial charge in [0.05, 0.1) is 0 Å². The van der Waals surface area contributed by atoms with Crippen molar-refractivity contribution in [1.29, 1.82) is 0 Å². The van der Waals surface area contributed by atoms with Crippen LogP contribution in [0.4, 0.5) is 0 Å². The Morgan fingerprint density at radius 1 is 1.12 bits per heavy atom. The van der Waals surface area contributed by atoms with Crippen LogP contribution in [-0.2, 0) is 6.42 Å². The zero-order valence-corrected chi connectivity index (χ0v) is 10.8. The molecule has 1 unspecified atom stereocenters. The highest BCUT2D eigenvalue weighted by Crippen LogP contribution is 2.40. The van der Waals surface area contributed by atoms with E-state index in [2.05, 4.69) is 24.3 Å². The minimum absolute atomic E-state index is 0.0541. The summed E-state index contributed by atoms with van der Waals surface area (Å²) in [5.74, 6) is 0. The predicted molar refractivity (Wildman–Crippen MR) is 72.6 cm³/mol. The molecule has 1 aliphatic heterocycles. The molecule has 3 heteroatoms.